The SMILES string of the molecule is COc1cc(-c2noc(C(C)(C)N)n2)ccc1F. The van der Waals surface area contributed by atoms with E-state index in [-0.39, 0.29) is 5.75 Å². The van der Waals surface area contributed by atoms with Crippen LogP contribution in [0.4, 0.5) is 4.39 Å². The molecule has 0 aliphatic carbocycles. The van der Waals surface area contributed by atoms with Crippen molar-refractivity contribution in [2.75, 3.05) is 7.11 Å². The number of benzene rings is 1. The molecule has 0 bridgehead atoms. The van der Waals surface area contributed by atoms with Gasteiger partial charge in [-0.1, -0.05) is 5.16 Å². The Bertz CT molecular complexity index is 561. The van der Waals surface area contributed by atoms with E-state index >= 15 is 0 Å². The molecule has 0 amide bonds. The van der Waals surface area contributed by atoms with Crippen molar-refractivity contribution in [2.24, 2.45) is 5.73 Å². The second-order valence-electron chi connectivity index (χ2n) is 4.49. The number of methoxy groups -OCH3 is 1. The molecular formula is C12H14FN3O2. The molecule has 5 nitrogen and oxygen atoms in total. The van der Waals surface area contributed by atoms with Gasteiger partial charge in [0.05, 0.1) is 12.6 Å². The Morgan fingerprint density at radius 1 is 1.39 bits per heavy atom. The topological polar surface area (TPSA) is 74.2 Å². The number of nitrogens with zero attached hydrogens (tertiary/aromatic N) is 2. The van der Waals surface area contributed by atoms with Crippen LogP contribution in [-0.2, 0) is 5.54 Å². The smallest absolute Gasteiger partial charge is 0.246 e. The highest BCUT2D eigenvalue weighted by molar-refractivity contribution is 5.57. The van der Waals surface area contributed by atoms with E-state index in [1.807, 2.05) is 0 Å². The molecule has 0 radical (unpaired) electrons. The Balaban J connectivity index is 2.40. The molecule has 0 unspecified atom stereocenters. The lowest BCUT2D eigenvalue weighted by Gasteiger charge is -2.10. The molecule has 0 fully saturated rings. The van der Waals surface area contributed by atoms with Crippen molar-refractivity contribution < 1.29 is 13.7 Å². The van der Waals surface area contributed by atoms with Crippen molar-refractivity contribution in [1.29, 1.82) is 0 Å². The van der Waals surface area contributed by atoms with Crippen LogP contribution in [0.1, 0.15) is 19.7 Å². The third-order valence-corrected chi connectivity index (χ3v) is 2.39. The van der Waals surface area contributed by atoms with Gasteiger partial charge in [0.25, 0.3) is 0 Å². The molecule has 2 N–H and O–H groups in total. The summed E-state index contributed by atoms with van der Waals surface area (Å²) in [5.41, 5.74) is 5.74. The molecular weight excluding hydrogens is 237 g/mol. The van der Waals surface area contributed by atoms with Crippen LogP contribution in [0.15, 0.2) is 22.7 Å². The third kappa shape index (κ3) is 2.33. The van der Waals surface area contributed by atoms with Gasteiger partial charge in [-0.15, -0.1) is 0 Å². The summed E-state index contributed by atoms with van der Waals surface area (Å²) in [7, 11) is 1.40. The Labute approximate surface area is 104 Å². The lowest BCUT2D eigenvalue weighted by Crippen LogP contribution is -2.28. The summed E-state index contributed by atoms with van der Waals surface area (Å²) < 4.78 is 23.2. The summed E-state index contributed by atoms with van der Waals surface area (Å²) in [6, 6.07) is 4.35. The largest absolute Gasteiger partial charge is 0.494 e. The standard InChI is InChI=1S/C12H14FN3O2/c1-12(2,14)11-15-10(16-18-11)7-4-5-8(13)9(6-7)17-3/h4-6H,14H2,1-3H3. The van der Waals surface area contributed by atoms with E-state index in [0.29, 0.717) is 17.3 Å². The molecule has 1 heterocycles. The van der Waals surface area contributed by atoms with E-state index in [1.54, 1.807) is 19.9 Å². The van der Waals surface area contributed by atoms with Crippen LogP contribution in [0, 0.1) is 5.82 Å². The van der Waals surface area contributed by atoms with Gasteiger partial charge in [-0.2, -0.15) is 4.98 Å². The average molecular weight is 251 g/mol. The van der Waals surface area contributed by atoms with Gasteiger partial charge in [-0.25, -0.2) is 4.39 Å². The van der Waals surface area contributed by atoms with Crippen LogP contribution >= 0.6 is 0 Å². The van der Waals surface area contributed by atoms with Gasteiger partial charge in [0.1, 0.15) is 0 Å². The molecule has 0 saturated heterocycles. The van der Waals surface area contributed by atoms with Crippen LogP contribution in [0.3, 0.4) is 0 Å². The fourth-order valence-electron chi connectivity index (χ4n) is 1.40. The van der Waals surface area contributed by atoms with Crippen LogP contribution in [0.5, 0.6) is 5.75 Å². The normalized spacial score (nSPS) is 11.6. The van der Waals surface area contributed by atoms with Gasteiger partial charge >= 0.3 is 0 Å². The molecule has 0 spiro atoms. The molecule has 0 saturated carbocycles. The number of hydrogen-bond donors (Lipinski definition) is 1. The van der Waals surface area contributed by atoms with Crippen molar-refractivity contribution in [2.45, 2.75) is 19.4 Å². The van der Waals surface area contributed by atoms with Crippen LogP contribution < -0.4 is 10.5 Å². The zero-order valence-electron chi connectivity index (χ0n) is 10.4. The van der Waals surface area contributed by atoms with Crippen molar-refractivity contribution in [3.05, 3.63) is 29.9 Å². The minimum absolute atomic E-state index is 0.130. The molecule has 6 heteroatoms. The Kier molecular flexibility index (Phi) is 3.04. The van der Waals surface area contributed by atoms with Crippen LogP contribution in [0.2, 0.25) is 0 Å². The van der Waals surface area contributed by atoms with E-state index in [2.05, 4.69) is 10.1 Å². The summed E-state index contributed by atoms with van der Waals surface area (Å²) >= 11 is 0. The first-order chi connectivity index (χ1) is 8.41. The van der Waals surface area contributed by atoms with Crippen molar-refractivity contribution in [3.8, 4) is 17.1 Å². The fraction of sp³-hybridized carbons (Fsp3) is 0.333. The van der Waals surface area contributed by atoms with E-state index in [4.69, 9.17) is 15.0 Å². The van der Waals surface area contributed by atoms with Gasteiger partial charge in [-0.05, 0) is 32.0 Å². The Morgan fingerprint density at radius 2 is 2.11 bits per heavy atom. The van der Waals surface area contributed by atoms with E-state index < -0.39 is 11.4 Å². The van der Waals surface area contributed by atoms with Crippen molar-refractivity contribution >= 4 is 0 Å². The fourth-order valence-corrected chi connectivity index (χ4v) is 1.40. The molecule has 0 atom stereocenters. The number of halogens is 1. The zero-order chi connectivity index (χ0) is 13.3. The minimum atomic E-state index is -0.713. The van der Waals surface area contributed by atoms with E-state index in [1.165, 1.54) is 19.2 Å². The number of aromatic nitrogens is 2. The highest BCUT2D eigenvalue weighted by Gasteiger charge is 2.23. The first kappa shape index (κ1) is 12.5. The van der Waals surface area contributed by atoms with Crippen molar-refractivity contribution in [1.82, 2.24) is 10.1 Å². The minimum Gasteiger partial charge on any atom is -0.494 e. The monoisotopic (exact) mass is 251 g/mol. The zero-order valence-corrected chi connectivity index (χ0v) is 10.4. The lowest BCUT2D eigenvalue weighted by atomic mass is 10.1. The Hall–Kier alpha value is -1.95. The highest BCUT2D eigenvalue weighted by Crippen LogP contribution is 2.25. The molecule has 0 aliphatic heterocycles. The summed E-state index contributed by atoms with van der Waals surface area (Å²) in [4.78, 5) is 4.18. The summed E-state index contributed by atoms with van der Waals surface area (Å²) in [5, 5.41) is 3.81. The Morgan fingerprint density at radius 3 is 2.67 bits per heavy atom. The molecule has 18 heavy (non-hydrogen) atoms. The maximum Gasteiger partial charge on any atom is 0.246 e. The maximum atomic E-state index is 13.3. The number of rotatable bonds is 3. The maximum absolute atomic E-state index is 13.3. The van der Waals surface area contributed by atoms with Crippen LogP contribution in [-0.4, -0.2) is 17.3 Å². The van der Waals surface area contributed by atoms with Gasteiger partial charge in [0.2, 0.25) is 11.7 Å². The highest BCUT2D eigenvalue weighted by atomic mass is 19.1. The second-order valence-corrected chi connectivity index (χ2v) is 4.49. The van der Waals surface area contributed by atoms with Crippen LogP contribution in [0.25, 0.3) is 11.4 Å². The van der Waals surface area contributed by atoms with Gasteiger partial charge in [0.15, 0.2) is 11.6 Å². The predicted molar refractivity (Wildman–Crippen MR) is 63.5 cm³/mol. The number of nitrogens with two attached hydrogens (primary N) is 1. The number of ether oxygens (including phenoxy) is 1. The van der Waals surface area contributed by atoms with Crippen molar-refractivity contribution in [3.63, 3.8) is 0 Å². The molecule has 2 rings (SSSR count). The predicted octanol–water partition coefficient (Wildman–Crippen LogP) is 2.08. The molecule has 2 aromatic rings. The summed E-state index contributed by atoms with van der Waals surface area (Å²) in [6.07, 6.45) is 0. The molecule has 1 aromatic carbocycles. The first-order valence-corrected chi connectivity index (χ1v) is 5.39. The molecule has 96 valence electrons. The first-order valence-electron chi connectivity index (χ1n) is 5.39. The van der Waals surface area contributed by atoms with Gasteiger partial charge in [0, 0.05) is 5.56 Å². The van der Waals surface area contributed by atoms with E-state index in [9.17, 15) is 4.39 Å². The summed E-state index contributed by atoms with van der Waals surface area (Å²) in [5.74, 6) is 0.359. The van der Waals surface area contributed by atoms with Gasteiger partial charge in [-0.3, -0.25) is 0 Å². The van der Waals surface area contributed by atoms with Gasteiger partial charge < -0.3 is 15.0 Å². The molecule has 0 aliphatic rings. The number of hydrogen-bond acceptors (Lipinski definition) is 5. The summed E-state index contributed by atoms with van der Waals surface area (Å²) in [6.45, 7) is 3.52. The lowest BCUT2D eigenvalue weighted by molar-refractivity contribution is 0.312. The second kappa shape index (κ2) is 4.38. The quantitative estimate of drug-likeness (QED) is 0.903. The average Bonchev–Trinajstić information content (AvgIpc) is 2.78. The third-order valence-electron chi connectivity index (χ3n) is 2.39. The van der Waals surface area contributed by atoms with E-state index in [0.717, 1.165) is 0 Å². The molecule has 1 aromatic heterocycles.